The van der Waals surface area contributed by atoms with Crippen molar-refractivity contribution in [3.63, 3.8) is 0 Å². The molecular formula is C13H17BrN2O2S. The Hall–Kier alpha value is -0.880. The molecule has 2 heterocycles. The third-order valence-electron chi connectivity index (χ3n) is 3.38. The van der Waals surface area contributed by atoms with E-state index in [2.05, 4.69) is 21.2 Å². The molecule has 2 atom stereocenters. The standard InChI is InChI=1S/C13H17BrN2O2S/c1-3-9-13(18)16(10(4-2)12(17)15-9)7-11-8(14)5-6-19-11/h5-6,9-10H,3-4,7H2,1-2H3,(H,15,17). The summed E-state index contributed by atoms with van der Waals surface area (Å²) in [6.45, 7) is 4.34. The average Bonchev–Trinajstić information content (AvgIpc) is 2.79. The highest BCUT2D eigenvalue weighted by atomic mass is 79.9. The molecule has 2 amide bonds. The zero-order valence-corrected chi connectivity index (χ0v) is 13.4. The zero-order chi connectivity index (χ0) is 14.0. The van der Waals surface area contributed by atoms with Gasteiger partial charge in [0.2, 0.25) is 11.8 Å². The van der Waals surface area contributed by atoms with Crippen LogP contribution in [0.5, 0.6) is 0 Å². The third-order valence-corrected chi connectivity index (χ3v) is 5.29. The summed E-state index contributed by atoms with van der Waals surface area (Å²) in [6.07, 6.45) is 1.26. The van der Waals surface area contributed by atoms with Gasteiger partial charge in [0.1, 0.15) is 12.1 Å². The molecule has 1 saturated heterocycles. The Morgan fingerprint density at radius 3 is 2.63 bits per heavy atom. The number of amides is 2. The second-order valence-electron chi connectivity index (χ2n) is 4.55. The quantitative estimate of drug-likeness (QED) is 0.912. The molecule has 0 radical (unpaired) electrons. The van der Waals surface area contributed by atoms with Crippen molar-refractivity contribution in [2.24, 2.45) is 0 Å². The Morgan fingerprint density at radius 2 is 2.11 bits per heavy atom. The van der Waals surface area contributed by atoms with E-state index in [1.165, 1.54) is 0 Å². The predicted octanol–water partition coefficient (Wildman–Crippen LogP) is 2.53. The number of nitrogens with one attached hydrogen (secondary N) is 1. The smallest absolute Gasteiger partial charge is 0.246 e. The lowest BCUT2D eigenvalue weighted by atomic mass is 10.0. The Kier molecular flexibility index (Phi) is 4.62. The number of carbonyl (C=O) groups is 2. The Morgan fingerprint density at radius 1 is 1.37 bits per heavy atom. The van der Waals surface area contributed by atoms with Crippen LogP contribution in [-0.2, 0) is 16.1 Å². The first-order valence-electron chi connectivity index (χ1n) is 6.41. The fourth-order valence-corrected chi connectivity index (χ4v) is 3.76. The van der Waals surface area contributed by atoms with Crippen molar-refractivity contribution >= 4 is 39.1 Å². The van der Waals surface area contributed by atoms with E-state index in [0.29, 0.717) is 19.4 Å². The van der Waals surface area contributed by atoms with Gasteiger partial charge in [0.15, 0.2) is 0 Å². The van der Waals surface area contributed by atoms with Gasteiger partial charge < -0.3 is 10.2 Å². The summed E-state index contributed by atoms with van der Waals surface area (Å²) >= 11 is 5.07. The SMILES string of the molecule is CCC1NC(=O)C(CC)N(Cc2sccc2Br)C1=O. The second-order valence-corrected chi connectivity index (χ2v) is 6.41. The average molecular weight is 345 g/mol. The van der Waals surface area contributed by atoms with Crippen LogP contribution in [0.15, 0.2) is 15.9 Å². The first-order valence-corrected chi connectivity index (χ1v) is 8.08. The van der Waals surface area contributed by atoms with Crippen molar-refractivity contribution in [1.29, 1.82) is 0 Å². The van der Waals surface area contributed by atoms with Crippen LogP contribution >= 0.6 is 27.3 Å². The van der Waals surface area contributed by atoms with Gasteiger partial charge in [-0.25, -0.2) is 0 Å². The van der Waals surface area contributed by atoms with Gasteiger partial charge in [-0.1, -0.05) is 13.8 Å². The van der Waals surface area contributed by atoms with Crippen molar-refractivity contribution < 1.29 is 9.59 Å². The molecule has 0 aliphatic carbocycles. The van der Waals surface area contributed by atoms with E-state index in [0.717, 1.165) is 9.35 Å². The van der Waals surface area contributed by atoms with Crippen molar-refractivity contribution in [3.05, 3.63) is 20.8 Å². The normalized spacial score (nSPS) is 23.6. The Balaban J connectivity index is 2.24. The lowest BCUT2D eigenvalue weighted by Crippen LogP contribution is -2.62. The number of hydrogen-bond acceptors (Lipinski definition) is 3. The maximum Gasteiger partial charge on any atom is 0.246 e. The molecule has 0 saturated carbocycles. The number of hydrogen-bond donors (Lipinski definition) is 1. The number of rotatable bonds is 4. The Bertz CT molecular complexity index is 489. The van der Waals surface area contributed by atoms with Crippen molar-refractivity contribution in [2.45, 2.75) is 45.3 Å². The minimum atomic E-state index is -0.381. The maximum absolute atomic E-state index is 12.4. The molecule has 1 aliphatic rings. The second kappa shape index (κ2) is 6.05. The lowest BCUT2D eigenvalue weighted by molar-refractivity contribution is -0.150. The third kappa shape index (κ3) is 2.84. The van der Waals surface area contributed by atoms with E-state index in [9.17, 15) is 9.59 Å². The van der Waals surface area contributed by atoms with Crippen LogP contribution in [0.1, 0.15) is 31.6 Å². The molecule has 1 aromatic heterocycles. The molecule has 1 N–H and O–H groups in total. The minimum Gasteiger partial charge on any atom is -0.343 e. The van der Waals surface area contributed by atoms with E-state index in [1.807, 2.05) is 25.3 Å². The molecular weight excluding hydrogens is 328 g/mol. The molecule has 19 heavy (non-hydrogen) atoms. The van der Waals surface area contributed by atoms with Crippen LogP contribution in [0.4, 0.5) is 0 Å². The first-order chi connectivity index (χ1) is 9.08. The van der Waals surface area contributed by atoms with E-state index >= 15 is 0 Å². The van der Waals surface area contributed by atoms with Gasteiger partial charge in [0.25, 0.3) is 0 Å². The monoisotopic (exact) mass is 344 g/mol. The van der Waals surface area contributed by atoms with Crippen molar-refractivity contribution in [1.82, 2.24) is 10.2 Å². The fraction of sp³-hybridized carbons (Fsp3) is 0.538. The molecule has 6 heteroatoms. The van der Waals surface area contributed by atoms with Crippen molar-refractivity contribution in [3.8, 4) is 0 Å². The highest BCUT2D eigenvalue weighted by Gasteiger charge is 2.38. The molecule has 0 spiro atoms. The molecule has 104 valence electrons. The summed E-state index contributed by atoms with van der Waals surface area (Å²) in [5.74, 6) is -0.0177. The molecule has 0 aromatic carbocycles. The lowest BCUT2D eigenvalue weighted by Gasteiger charge is -2.38. The molecule has 2 unspecified atom stereocenters. The van der Waals surface area contributed by atoms with Gasteiger partial charge >= 0.3 is 0 Å². The van der Waals surface area contributed by atoms with Gasteiger partial charge in [-0.3, -0.25) is 9.59 Å². The maximum atomic E-state index is 12.4. The minimum absolute atomic E-state index is 0.0225. The van der Waals surface area contributed by atoms with Gasteiger partial charge in [0.05, 0.1) is 6.54 Å². The van der Waals surface area contributed by atoms with E-state index in [-0.39, 0.29) is 23.9 Å². The number of carbonyl (C=O) groups excluding carboxylic acids is 2. The first kappa shape index (κ1) is 14.5. The zero-order valence-electron chi connectivity index (χ0n) is 11.0. The summed E-state index contributed by atoms with van der Waals surface area (Å²) in [7, 11) is 0. The topological polar surface area (TPSA) is 49.4 Å². The summed E-state index contributed by atoms with van der Waals surface area (Å²) in [5.41, 5.74) is 0. The van der Waals surface area contributed by atoms with Crippen LogP contribution in [0.2, 0.25) is 0 Å². The number of halogens is 1. The molecule has 0 bridgehead atoms. The Labute approximate surface area is 125 Å². The largest absolute Gasteiger partial charge is 0.343 e. The van der Waals surface area contributed by atoms with E-state index in [1.54, 1.807) is 16.2 Å². The van der Waals surface area contributed by atoms with Gasteiger partial charge in [-0.2, -0.15) is 0 Å². The van der Waals surface area contributed by atoms with Crippen molar-refractivity contribution in [2.75, 3.05) is 0 Å². The van der Waals surface area contributed by atoms with Gasteiger partial charge in [0, 0.05) is 9.35 Å². The summed E-state index contributed by atoms with van der Waals surface area (Å²) in [6, 6.07) is 1.23. The molecule has 4 nitrogen and oxygen atoms in total. The van der Waals surface area contributed by atoms with Gasteiger partial charge in [-0.05, 0) is 40.2 Å². The van der Waals surface area contributed by atoms with Gasteiger partial charge in [-0.15, -0.1) is 11.3 Å². The predicted molar refractivity (Wildman–Crippen MR) is 78.9 cm³/mol. The highest BCUT2D eigenvalue weighted by molar-refractivity contribution is 9.10. The highest BCUT2D eigenvalue weighted by Crippen LogP contribution is 2.27. The van der Waals surface area contributed by atoms with Crippen LogP contribution in [0.25, 0.3) is 0 Å². The van der Waals surface area contributed by atoms with E-state index < -0.39 is 0 Å². The summed E-state index contributed by atoms with van der Waals surface area (Å²) in [4.78, 5) is 27.3. The molecule has 1 fully saturated rings. The molecule has 2 rings (SSSR count). The van der Waals surface area contributed by atoms with Crippen LogP contribution in [0.3, 0.4) is 0 Å². The summed E-state index contributed by atoms with van der Waals surface area (Å²) in [5, 5.41) is 4.78. The molecule has 1 aliphatic heterocycles. The van der Waals surface area contributed by atoms with Crippen LogP contribution in [0, 0.1) is 0 Å². The van der Waals surface area contributed by atoms with Crippen LogP contribution in [-0.4, -0.2) is 28.8 Å². The molecule has 1 aromatic rings. The van der Waals surface area contributed by atoms with E-state index in [4.69, 9.17) is 0 Å². The fourth-order valence-electron chi connectivity index (χ4n) is 2.29. The summed E-state index contributed by atoms with van der Waals surface area (Å²) < 4.78 is 0.999. The number of thiophene rings is 1. The van der Waals surface area contributed by atoms with Crippen LogP contribution < -0.4 is 5.32 Å². The number of nitrogens with zero attached hydrogens (tertiary/aromatic N) is 1. The number of piperazine rings is 1.